The van der Waals surface area contributed by atoms with Gasteiger partial charge in [-0.15, -0.1) is 0 Å². The van der Waals surface area contributed by atoms with E-state index in [2.05, 4.69) is 62.4 Å². The molecule has 0 radical (unpaired) electrons. The average Bonchev–Trinajstić information content (AvgIpc) is 2.66. The van der Waals surface area contributed by atoms with Gasteiger partial charge >= 0.3 is 0 Å². The van der Waals surface area contributed by atoms with Crippen LogP contribution in [-0.4, -0.2) is 9.55 Å². The van der Waals surface area contributed by atoms with E-state index < -0.39 is 0 Å². The van der Waals surface area contributed by atoms with Crippen LogP contribution in [0.3, 0.4) is 0 Å². The van der Waals surface area contributed by atoms with Crippen LogP contribution in [0.15, 0.2) is 18.2 Å². The van der Waals surface area contributed by atoms with Crippen LogP contribution < -0.4 is 0 Å². The third-order valence-electron chi connectivity index (χ3n) is 3.07. The fourth-order valence-electron chi connectivity index (χ4n) is 2.25. The van der Waals surface area contributed by atoms with E-state index in [4.69, 9.17) is 0 Å². The standard InChI is InChI=1S/C14H20N2.C2H6/c1-9(2)12-6-7-14-13(8-12)15-11(5)16(14)10(3)4;1-2/h6-10H,1-5H3;1-2H3. The van der Waals surface area contributed by atoms with Gasteiger partial charge in [-0.25, -0.2) is 4.98 Å². The second-order valence-corrected chi connectivity index (χ2v) is 5.03. The molecular weight excluding hydrogens is 220 g/mol. The Morgan fingerprint density at radius 3 is 2.17 bits per heavy atom. The Morgan fingerprint density at radius 2 is 1.67 bits per heavy atom. The number of hydrogen-bond donors (Lipinski definition) is 0. The lowest BCUT2D eigenvalue weighted by Gasteiger charge is -2.11. The number of aromatic nitrogens is 2. The van der Waals surface area contributed by atoms with Crippen molar-refractivity contribution in [2.75, 3.05) is 0 Å². The van der Waals surface area contributed by atoms with Crippen LogP contribution in [0.5, 0.6) is 0 Å². The van der Waals surface area contributed by atoms with Gasteiger partial charge in [0.2, 0.25) is 0 Å². The van der Waals surface area contributed by atoms with Gasteiger partial charge in [0.15, 0.2) is 0 Å². The third-order valence-corrected chi connectivity index (χ3v) is 3.07. The Hall–Kier alpha value is -1.31. The highest BCUT2D eigenvalue weighted by molar-refractivity contribution is 5.77. The Labute approximate surface area is 111 Å². The minimum Gasteiger partial charge on any atom is -0.326 e. The van der Waals surface area contributed by atoms with Crippen LogP contribution in [0.4, 0.5) is 0 Å². The summed E-state index contributed by atoms with van der Waals surface area (Å²) in [5.74, 6) is 1.67. The molecule has 0 saturated carbocycles. The molecule has 0 fully saturated rings. The molecule has 1 aromatic heterocycles. The third kappa shape index (κ3) is 2.74. The van der Waals surface area contributed by atoms with E-state index in [1.165, 1.54) is 11.1 Å². The molecule has 0 aliphatic heterocycles. The lowest BCUT2D eigenvalue weighted by atomic mass is 10.0. The summed E-state index contributed by atoms with van der Waals surface area (Å²) in [6, 6.07) is 7.10. The molecule has 0 aliphatic carbocycles. The molecular formula is C16H26N2. The SMILES string of the molecule is CC.Cc1nc2cc(C(C)C)ccc2n1C(C)C. The van der Waals surface area contributed by atoms with Crippen molar-refractivity contribution in [3.63, 3.8) is 0 Å². The zero-order valence-corrected chi connectivity index (χ0v) is 12.8. The second kappa shape index (κ2) is 6.03. The van der Waals surface area contributed by atoms with E-state index >= 15 is 0 Å². The number of aryl methyl sites for hydroxylation is 1. The molecule has 100 valence electrons. The number of rotatable bonds is 2. The fraction of sp³-hybridized carbons (Fsp3) is 0.562. The fourth-order valence-corrected chi connectivity index (χ4v) is 2.25. The van der Waals surface area contributed by atoms with E-state index in [9.17, 15) is 0 Å². The summed E-state index contributed by atoms with van der Waals surface area (Å²) in [4.78, 5) is 4.64. The molecule has 2 heteroatoms. The Balaban J connectivity index is 0.000000771. The van der Waals surface area contributed by atoms with Gasteiger partial charge in [0.05, 0.1) is 11.0 Å². The molecule has 2 nitrogen and oxygen atoms in total. The van der Waals surface area contributed by atoms with Crippen LogP contribution in [0, 0.1) is 6.92 Å². The number of benzene rings is 1. The lowest BCUT2D eigenvalue weighted by molar-refractivity contribution is 0.600. The van der Waals surface area contributed by atoms with Crippen LogP contribution in [0.2, 0.25) is 0 Å². The largest absolute Gasteiger partial charge is 0.326 e. The van der Waals surface area contributed by atoms with Crippen molar-refractivity contribution >= 4 is 11.0 Å². The van der Waals surface area contributed by atoms with Gasteiger partial charge < -0.3 is 4.57 Å². The van der Waals surface area contributed by atoms with Gasteiger partial charge in [-0.3, -0.25) is 0 Å². The highest BCUT2D eigenvalue weighted by Crippen LogP contribution is 2.24. The first-order chi connectivity index (χ1) is 8.50. The summed E-state index contributed by atoms with van der Waals surface area (Å²) < 4.78 is 2.29. The van der Waals surface area contributed by atoms with Crippen molar-refractivity contribution in [1.29, 1.82) is 0 Å². The van der Waals surface area contributed by atoms with Crippen LogP contribution in [0.1, 0.15) is 64.9 Å². The molecule has 2 rings (SSSR count). The number of nitrogens with zero attached hydrogens (tertiary/aromatic N) is 2. The minimum atomic E-state index is 0.467. The van der Waals surface area contributed by atoms with Gasteiger partial charge in [0.25, 0.3) is 0 Å². The molecule has 0 unspecified atom stereocenters. The van der Waals surface area contributed by atoms with Gasteiger partial charge in [-0.2, -0.15) is 0 Å². The number of hydrogen-bond acceptors (Lipinski definition) is 1. The first-order valence-corrected chi connectivity index (χ1v) is 6.99. The molecule has 1 heterocycles. The molecule has 0 saturated heterocycles. The smallest absolute Gasteiger partial charge is 0.106 e. The molecule has 0 N–H and O–H groups in total. The van der Waals surface area contributed by atoms with Gasteiger partial charge in [-0.1, -0.05) is 33.8 Å². The number of imidazole rings is 1. The van der Waals surface area contributed by atoms with Crippen molar-refractivity contribution in [2.24, 2.45) is 0 Å². The van der Waals surface area contributed by atoms with E-state index in [-0.39, 0.29) is 0 Å². The molecule has 0 spiro atoms. The maximum atomic E-state index is 4.64. The van der Waals surface area contributed by atoms with E-state index in [0.717, 1.165) is 11.3 Å². The quantitative estimate of drug-likeness (QED) is 0.723. The average molecular weight is 246 g/mol. The van der Waals surface area contributed by atoms with Crippen molar-refractivity contribution in [1.82, 2.24) is 9.55 Å². The summed E-state index contributed by atoms with van der Waals surface area (Å²) in [7, 11) is 0. The zero-order chi connectivity index (χ0) is 13.9. The molecule has 0 aliphatic rings. The van der Waals surface area contributed by atoms with Crippen LogP contribution >= 0.6 is 0 Å². The summed E-state index contributed by atoms with van der Waals surface area (Å²) in [6.07, 6.45) is 0. The maximum absolute atomic E-state index is 4.64. The van der Waals surface area contributed by atoms with Crippen LogP contribution in [0.25, 0.3) is 11.0 Å². The van der Waals surface area contributed by atoms with Gasteiger partial charge in [0.1, 0.15) is 5.82 Å². The first-order valence-electron chi connectivity index (χ1n) is 6.99. The molecule has 0 bridgehead atoms. The van der Waals surface area contributed by atoms with Crippen molar-refractivity contribution in [3.8, 4) is 0 Å². The van der Waals surface area contributed by atoms with Crippen molar-refractivity contribution in [3.05, 3.63) is 29.6 Å². The van der Waals surface area contributed by atoms with Gasteiger partial charge in [0, 0.05) is 6.04 Å². The second-order valence-electron chi connectivity index (χ2n) is 5.03. The molecule has 0 amide bonds. The summed E-state index contributed by atoms with van der Waals surface area (Å²) in [5.41, 5.74) is 3.73. The topological polar surface area (TPSA) is 17.8 Å². The Bertz CT molecular complexity index is 507. The molecule has 18 heavy (non-hydrogen) atoms. The molecule has 0 atom stereocenters. The minimum absolute atomic E-state index is 0.467. The Morgan fingerprint density at radius 1 is 1.06 bits per heavy atom. The number of fused-ring (bicyclic) bond motifs is 1. The van der Waals surface area contributed by atoms with E-state index in [1.54, 1.807) is 0 Å². The zero-order valence-electron chi connectivity index (χ0n) is 12.8. The predicted molar refractivity (Wildman–Crippen MR) is 80.3 cm³/mol. The normalized spacial score (nSPS) is 10.9. The highest BCUT2D eigenvalue weighted by Gasteiger charge is 2.10. The summed E-state index contributed by atoms with van der Waals surface area (Å²) in [6.45, 7) is 14.9. The molecule has 1 aromatic carbocycles. The first kappa shape index (κ1) is 14.7. The summed E-state index contributed by atoms with van der Waals surface area (Å²) >= 11 is 0. The molecule has 2 aromatic rings. The van der Waals surface area contributed by atoms with Crippen molar-refractivity contribution in [2.45, 2.75) is 60.4 Å². The van der Waals surface area contributed by atoms with Gasteiger partial charge in [-0.05, 0) is 44.4 Å². The maximum Gasteiger partial charge on any atom is 0.106 e. The van der Waals surface area contributed by atoms with Crippen molar-refractivity contribution < 1.29 is 0 Å². The van der Waals surface area contributed by atoms with E-state index in [1.807, 2.05) is 13.8 Å². The predicted octanol–water partition coefficient (Wildman–Crippen LogP) is 5.08. The lowest BCUT2D eigenvalue weighted by Crippen LogP contribution is -2.02. The van der Waals surface area contributed by atoms with E-state index in [0.29, 0.717) is 12.0 Å². The Kier molecular flexibility index (Phi) is 4.94. The monoisotopic (exact) mass is 246 g/mol. The van der Waals surface area contributed by atoms with Crippen LogP contribution in [-0.2, 0) is 0 Å². The summed E-state index contributed by atoms with van der Waals surface area (Å²) in [5, 5.41) is 0. The highest BCUT2D eigenvalue weighted by atomic mass is 15.1.